The van der Waals surface area contributed by atoms with Crippen LogP contribution in [0.4, 0.5) is 4.79 Å². The van der Waals surface area contributed by atoms with Gasteiger partial charge in [-0.1, -0.05) is 32.0 Å². The zero-order valence-electron chi connectivity index (χ0n) is 15.1. The number of furan rings is 1. The van der Waals surface area contributed by atoms with Crippen LogP contribution in [-0.4, -0.2) is 35.3 Å². The topological polar surface area (TPSA) is 91.7 Å². The van der Waals surface area contributed by atoms with Crippen LogP contribution in [0.15, 0.2) is 34.7 Å². The molecule has 26 heavy (non-hydrogen) atoms. The normalized spacial score (nSPS) is 18.5. The van der Waals surface area contributed by atoms with Crippen molar-refractivity contribution >= 4 is 28.8 Å². The van der Waals surface area contributed by atoms with E-state index in [9.17, 15) is 14.4 Å². The molecule has 1 aromatic carbocycles. The molecular formula is C19H23N3O4. The molecule has 0 saturated carbocycles. The summed E-state index contributed by atoms with van der Waals surface area (Å²) in [5, 5.41) is 6.36. The smallest absolute Gasteiger partial charge is 0.325 e. The number of nitrogens with zero attached hydrogens (tertiary/aromatic N) is 1. The van der Waals surface area contributed by atoms with E-state index in [4.69, 9.17) is 4.42 Å². The first-order valence-corrected chi connectivity index (χ1v) is 8.75. The summed E-state index contributed by atoms with van der Waals surface area (Å²) in [5.41, 5.74) is 0.745. The second-order valence-corrected chi connectivity index (χ2v) is 7.03. The molecule has 2 unspecified atom stereocenters. The number of hydrogen-bond acceptors (Lipinski definition) is 4. The third-order valence-corrected chi connectivity index (χ3v) is 4.36. The Bertz CT molecular complexity index is 809. The molecule has 1 aliphatic heterocycles. The van der Waals surface area contributed by atoms with Crippen LogP contribution in [-0.2, 0) is 9.59 Å². The van der Waals surface area contributed by atoms with Crippen molar-refractivity contribution in [2.24, 2.45) is 5.92 Å². The Balaban J connectivity index is 1.61. The minimum Gasteiger partial charge on any atom is -0.459 e. The van der Waals surface area contributed by atoms with Crippen molar-refractivity contribution in [3.63, 3.8) is 0 Å². The summed E-state index contributed by atoms with van der Waals surface area (Å²) in [4.78, 5) is 37.5. The number of nitrogens with one attached hydrogen (secondary N) is 2. The molecule has 1 saturated heterocycles. The van der Waals surface area contributed by atoms with E-state index in [1.54, 1.807) is 6.92 Å². The van der Waals surface area contributed by atoms with Crippen molar-refractivity contribution in [2.45, 2.75) is 39.3 Å². The summed E-state index contributed by atoms with van der Waals surface area (Å²) in [6, 6.07) is 8.00. The molecule has 2 N–H and O–H groups in total. The highest BCUT2D eigenvalue weighted by molar-refractivity contribution is 6.06. The molecule has 0 spiro atoms. The van der Waals surface area contributed by atoms with Gasteiger partial charge in [-0.05, 0) is 31.4 Å². The van der Waals surface area contributed by atoms with Gasteiger partial charge in [0.05, 0.1) is 6.04 Å². The standard InChI is InChI=1S/C19H23N3O4/c1-11(2)8-14-18(24)22(19(25)21-14)10-17(23)20-12(3)16-9-13-6-4-5-7-15(13)26-16/h4-7,9,11-12,14H,8,10H2,1-3H3,(H,20,23)(H,21,25). The zero-order valence-corrected chi connectivity index (χ0v) is 15.1. The summed E-state index contributed by atoms with van der Waals surface area (Å²) in [7, 11) is 0. The Hall–Kier alpha value is -2.83. The molecule has 0 aliphatic carbocycles. The van der Waals surface area contributed by atoms with E-state index in [-0.39, 0.29) is 24.4 Å². The van der Waals surface area contributed by atoms with Crippen LogP contribution in [0, 0.1) is 5.92 Å². The van der Waals surface area contributed by atoms with Crippen molar-refractivity contribution in [1.82, 2.24) is 15.5 Å². The summed E-state index contributed by atoms with van der Waals surface area (Å²) < 4.78 is 5.73. The van der Waals surface area contributed by atoms with E-state index < -0.39 is 18.0 Å². The second-order valence-electron chi connectivity index (χ2n) is 7.03. The molecule has 138 valence electrons. The Morgan fingerprint density at radius 2 is 2.00 bits per heavy atom. The van der Waals surface area contributed by atoms with Crippen LogP contribution >= 0.6 is 0 Å². The highest BCUT2D eigenvalue weighted by Gasteiger charge is 2.39. The minimum atomic E-state index is -0.553. The highest BCUT2D eigenvalue weighted by atomic mass is 16.3. The van der Waals surface area contributed by atoms with Crippen LogP contribution in [0.25, 0.3) is 11.0 Å². The average Bonchev–Trinajstić information content (AvgIpc) is 3.11. The quantitative estimate of drug-likeness (QED) is 0.777. The van der Waals surface area contributed by atoms with Crippen LogP contribution in [0.2, 0.25) is 0 Å². The number of carbonyl (C=O) groups excluding carboxylic acids is 3. The fourth-order valence-electron chi connectivity index (χ4n) is 3.08. The van der Waals surface area contributed by atoms with Gasteiger partial charge in [-0.2, -0.15) is 0 Å². The third-order valence-electron chi connectivity index (χ3n) is 4.36. The van der Waals surface area contributed by atoms with Gasteiger partial charge in [0.15, 0.2) is 0 Å². The summed E-state index contributed by atoms with van der Waals surface area (Å²) in [5.74, 6) is 0.127. The summed E-state index contributed by atoms with van der Waals surface area (Å²) in [6.45, 7) is 5.44. The number of imide groups is 1. The molecule has 2 atom stereocenters. The van der Waals surface area contributed by atoms with E-state index in [1.807, 2.05) is 44.2 Å². The van der Waals surface area contributed by atoms with Crippen LogP contribution in [0.1, 0.15) is 39.0 Å². The van der Waals surface area contributed by atoms with Crippen molar-refractivity contribution in [3.8, 4) is 0 Å². The SMILES string of the molecule is CC(C)CC1NC(=O)N(CC(=O)NC(C)c2cc3ccccc3o2)C1=O. The number of benzene rings is 1. The fraction of sp³-hybridized carbons (Fsp3) is 0.421. The first-order chi connectivity index (χ1) is 12.3. The molecule has 0 radical (unpaired) electrons. The third kappa shape index (κ3) is 3.71. The van der Waals surface area contributed by atoms with Gasteiger partial charge in [-0.3, -0.25) is 14.5 Å². The van der Waals surface area contributed by atoms with Gasteiger partial charge in [-0.15, -0.1) is 0 Å². The summed E-state index contributed by atoms with van der Waals surface area (Å²) in [6.07, 6.45) is 0.554. The molecule has 7 nitrogen and oxygen atoms in total. The molecule has 4 amide bonds. The number of amides is 4. The molecular weight excluding hydrogens is 334 g/mol. The predicted molar refractivity (Wildman–Crippen MR) is 96.3 cm³/mol. The van der Waals surface area contributed by atoms with Gasteiger partial charge in [0, 0.05) is 5.39 Å². The van der Waals surface area contributed by atoms with Gasteiger partial charge in [0.1, 0.15) is 23.9 Å². The number of hydrogen-bond donors (Lipinski definition) is 2. The van der Waals surface area contributed by atoms with E-state index in [2.05, 4.69) is 10.6 Å². The number of para-hydroxylation sites is 1. The minimum absolute atomic E-state index is 0.270. The Kier molecular flexibility index (Phi) is 4.97. The molecule has 2 aromatic rings. The second kappa shape index (κ2) is 7.19. The molecule has 2 heterocycles. The molecule has 7 heteroatoms. The largest absolute Gasteiger partial charge is 0.459 e. The maximum absolute atomic E-state index is 12.3. The lowest BCUT2D eigenvalue weighted by atomic mass is 10.0. The average molecular weight is 357 g/mol. The first kappa shape index (κ1) is 18.0. The number of urea groups is 1. The molecule has 1 fully saturated rings. The van der Waals surface area contributed by atoms with Gasteiger partial charge in [-0.25, -0.2) is 4.79 Å². The van der Waals surface area contributed by atoms with E-state index in [0.29, 0.717) is 12.2 Å². The Morgan fingerprint density at radius 3 is 2.69 bits per heavy atom. The molecule has 1 aliphatic rings. The highest BCUT2D eigenvalue weighted by Crippen LogP contribution is 2.23. The lowest BCUT2D eigenvalue weighted by molar-refractivity contribution is -0.132. The molecule has 0 bridgehead atoms. The first-order valence-electron chi connectivity index (χ1n) is 8.75. The number of carbonyl (C=O) groups is 3. The van der Waals surface area contributed by atoms with Crippen molar-refractivity contribution < 1.29 is 18.8 Å². The number of fused-ring (bicyclic) bond motifs is 1. The maximum atomic E-state index is 12.3. The lowest BCUT2D eigenvalue weighted by Crippen LogP contribution is -2.41. The summed E-state index contributed by atoms with van der Waals surface area (Å²) >= 11 is 0. The van der Waals surface area contributed by atoms with E-state index in [0.717, 1.165) is 15.9 Å². The van der Waals surface area contributed by atoms with Crippen molar-refractivity contribution in [2.75, 3.05) is 6.54 Å². The predicted octanol–water partition coefficient (Wildman–Crippen LogP) is 2.58. The molecule has 1 aromatic heterocycles. The maximum Gasteiger partial charge on any atom is 0.325 e. The number of rotatable bonds is 6. The fourth-order valence-corrected chi connectivity index (χ4v) is 3.08. The van der Waals surface area contributed by atoms with E-state index >= 15 is 0 Å². The molecule has 3 rings (SSSR count). The zero-order chi connectivity index (χ0) is 18.8. The monoisotopic (exact) mass is 357 g/mol. The van der Waals surface area contributed by atoms with Crippen LogP contribution in [0.5, 0.6) is 0 Å². The van der Waals surface area contributed by atoms with Gasteiger partial charge < -0.3 is 15.1 Å². The van der Waals surface area contributed by atoms with Crippen molar-refractivity contribution in [3.05, 3.63) is 36.1 Å². The van der Waals surface area contributed by atoms with Gasteiger partial charge >= 0.3 is 6.03 Å². The van der Waals surface area contributed by atoms with Gasteiger partial charge in [0.25, 0.3) is 5.91 Å². The van der Waals surface area contributed by atoms with E-state index in [1.165, 1.54) is 0 Å². The van der Waals surface area contributed by atoms with Crippen LogP contribution < -0.4 is 10.6 Å². The lowest BCUT2D eigenvalue weighted by Gasteiger charge is -2.16. The Morgan fingerprint density at radius 1 is 1.27 bits per heavy atom. The Labute approximate surface area is 151 Å². The van der Waals surface area contributed by atoms with Gasteiger partial charge in [0.2, 0.25) is 5.91 Å². The van der Waals surface area contributed by atoms with Crippen molar-refractivity contribution in [1.29, 1.82) is 0 Å². The van der Waals surface area contributed by atoms with Crippen LogP contribution in [0.3, 0.4) is 0 Å².